The monoisotopic (exact) mass is 268 g/mol. The number of benzene rings is 1. The van der Waals surface area contributed by atoms with Crippen LogP contribution < -0.4 is 5.73 Å². The van der Waals surface area contributed by atoms with Crippen LogP contribution in [0, 0.1) is 18.7 Å². The zero-order chi connectivity index (χ0) is 13.9. The average Bonchev–Trinajstić information content (AvgIpc) is 2.31. The number of nitrogens with two attached hydrogens (primary N) is 1. The van der Waals surface area contributed by atoms with E-state index in [1.54, 1.807) is 26.1 Å². The second-order valence-corrected chi connectivity index (χ2v) is 4.92. The van der Waals surface area contributed by atoms with Gasteiger partial charge < -0.3 is 10.6 Å². The van der Waals surface area contributed by atoms with Crippen LogP contribution in [0.25, 0.3) is 0 Å². The summed E-state index contributed by atoms with van der Waals surface area (Å²) in [6.07, 6.45) is 0. The number of hydrogen-bond donors (Lipinski definition) is 1. The summed E-state index contributed by atoms with van der Waals surface area (Å²) in [5, 5.41) is 0. The van der Waals surface area contributed by atoms with Crippen LogP contribution in [-0.2, 0) is 0 Å². The van der Waals surface area contributed by atoms with Gasteiger partial charge in [-0.25, -0.2) is 4.39 Å². The van der Waals surface area contributed by atoms with Crippen LogP contribution in [0.15, 0.2) is 18.2 Å². The van der Waals surface area contributed by atoms with Gasteiger partial charge in [0.25, 0.3) is 5.91 Å². The molecule has 0 radical (unpaired) electrons. The van der Waals surface area contributed by atoms with Crippen LogP contribution in [0.3, 0.4) is 0 Å². The van der Waals surface area contributed by atoms with Crippen LogP contribution >= 0.6 is 12.2 Å². The Bertz CT molecular complexity index is 476. The van der Waals surface area contributed by atoms with E-state index in [1.165, 1.54) is 11.0 Å². The Morgan fingerprint density at radius 2 is 2.17 bits per heavy atom. The number of aryl methyl sites for hydroxylation is 1. The molecule has 0 aliphatic heterocycles. The number of carbonyl (C=O) groups is 1. The van der Waals surface area contributed by atoms with Gasteiger partial charge in [-0.1, -0.05) is 25.2 Å². The van der Waals surface area contributed by atoms with Gasteiger partial charge in [-0.15, -0.1) is 0 Å². The molecule has 1 aromatic rings. The van der Waals surface area contributed by atoms with Crippen molar-refractivity contribution in [2.75, 3.05) is 13.6 Å². The van der Waals surface area contributed by atoms with Gasteiger partial charge in [0.1, 0.15) is 5.82 Å². The van der Waals surface area contributed by atoms with E-state index in [4.69, 9.17) is 18.0 Å². The summed E-state index contributed by atoms with van der Waals surface area (Å²) in [4.78, 5) is 13.9. The fraction of sp³-hybridized carbons (Fsp3) is 0.385. The summed E-state index contributed by atoms with van der Waals surface area (Å²) in [6.45, 7) is 3.92. The second kappa shape index (κ2) is 5.91. The Morgan fingerprint density at radius 1 is 1.56 bits per heavy atom. The van der Waals surface area contributed by atoms with Gasteiger partial charge in [0.2, 0.25) is 0 Å². The van der Waals surface area contributed by atoms with Gasteiger partial charge in [-0.05, 0) is 24.6 Å². The maximum atomic E-state index is 13.4. The third-order valence-corrected chi connectivity index (χ3v) is 3.20. The van der Waals surface area contributed by atoms with Crippen molar-refractivity contribution in [3.63, 3.8) is 0 Å². The summed E-state index contributed by atoms with van der Waals surface area (Å²) in [6, 6.07) is 4.45. The molecule has 0 saturated carbocycles. The van der Waals surface area contributed by atoms with Crippen molar-refractivity contribution in [3.05, 3.63) is 35.1 Å². The number of amides is 1. The first-order valence-electron chi connectivity index (χ1n) is 5.64. The third kappa shape index (κ3) is 3.50. The van der Waals surface area contributed by atoms with Gasteiger partial charge in [-0.2, -0.15) is 0 Å². The van der Waals surface area contributed by atoms with Gasteiger partial charge in [0.15, 0.2) is 0 Å². The standard InChI is InChI=1S/C13H17FN2OS/c1-8-4-5-10(6-11(8)14)13(17)16(3)7-9(2)12(15)18/h4-6,9H,7H2,1-3H3,(H2,15,18). The minimum atomic E-state index is -0.378. The fourth-order valence-electron chi connectivity index (χ4n) is 1.53. The molecule has 1 aromatic carbocycles. The number of nitrogens with zero attached hydrogens (tertiary/aromatic N) is 1. The fourth-order valence-corrected chi connectivity index (χ4v) is 1.60. The van der Waals surface area contributed by atoms with E-state index in [2.05, 4.69) is 0 Å². The molecule has 0 bridgehead atoms. The molecule has 3 nitrogen and oxygen atoms in total. The highest BCUT2D eigenvalue weighted by Gasteiger charge is 2.16. The Kier molecular flexibility index (Phi) is 4.78. The number of thiocarbonyl (C=S) groups is 1. The molecule has 2 N–H and O–H groups in total. The average molecular weight is 268 g/mol. The van der Waals surface area contributed by atoms with E-state index in [0.29, 0.717) is 22.7 Å². The molecular formula is C13H17FN2OS. The van der Waals surface area contributed by atoms with Crippen LogP contribution in [0.1, 0.15) is 22.8 Å². The predicted molar refractivity (Wildman–Crippen MR) is 74.0 cm³/mol. The molecule has 0 saturated heterocycles. The number of carbonyl (C=O) groups excluding carboxylic acids is 1. The van der Waals surface area contributed by atoms with Crippen molar-refractivity contribution < 1.29 is 9.18 Å². The van der Waals surface area contributed by atoms with Crippen LogP contribution in [0.5, 0.6) is 0 Å². The molecule has 1 atom stereocenters. The second-order valence-electron chi connectivity index (χ2n) is 4.45. The molecule has 0 heterocycles. The van der Waals surface area contributed by atoms with Crippen molar-refractivity contribution in [1.29, 1.82) is 0 Å². The lowest BCUT2D eigenvalue weighted by molar-refractivity contribution is 0.0786. The minimum Gasteiger partial charge on any atom is -0.393 e. The SMILES string of the molecule is Cc1ccc(C(=O)N(C)CC(C)C(N)=S)cc1F. The minimum absolute atomic E-state index is 0.0655. The van der Waals surface area contributed by atoms with E-state index in [0.717, 1.165) is 0 Å². The van der Waals surface area contributed by atoms with Crippen molar-refractivity contribution in [3.8, 4) is 0 Å². The maximum Gasteiger partial charge on any atom is 0.253 e. The van der Waals surface area contributed by atoms with Gasteiger partial charge >= 0.3 is 0 Å². The van der Waals surface area contributed by atoms with Crippen LogP contribution in [0.4, 0.5) is 4.39 Å². The Hall–Kier alpha value is -1.49. The van der Waals surface area contributed by atoms with Crippen molar-refractivity contribution in [2.45, 2.75) is 13.8 Å². The Labute approximate surface area is 112 Å². The smallest absolute Gasteiger partial charge is 0.253 e. The highest BCUT2D eigenvalue weighted by Crippen LogP contribution is 2.12. The molecule has 18 heavy (non-hydrogen) atoms. The van der Waals surface area contributed by atoms with Crippen LogP contribution in [0.2, 0.25) is 0 Å². The molecule has 0 aliphatic rings. The van der Waals surface area contributed by atoms with E-state index in [-0.39, 0.29) is 17.6 Å². The van der Waals surface area contributed by atoms with Gasteiger partial charge in [-0.3, -0.25) is 4.79 Å². The molecule has 0 aromatic heterocycles. The predicted octanol–water partition coefficient (Wildman–Crippen LogP) is 2.13. The Balaban J connectivity index is 2.80. The quantitative estimate of drug-likeness (QED) is 0.851. The summed E-state index contributed by atoms with van der Waals surface area (Å²) >= 11 is 4.86. The van der Waals surface area contributed by atoms with Crippen molar-refractivity contribution >= 4 is 23.1 Å². The molecule has 5 heteroatoms. The first kappa shape index (κ1) is 14.6. The summed E-state index contributed by atoms with van der Waals surface area (Å²) in [7, 11) is 1.65. The van der Waals surface area contributed by atoms with E-state index < -0.39 is 0 Å². The Morgan fingerprint density at radius 3 is 2.67 bits per heavy atom. The molecule has 0 spiro atoms. The lowest BCUT2D eigenvalue weighted by Crippen LogP contribution is -2.35. The molecule has 1 amide bonds. The van der Waals surface area contributed by atoms with Gasteiger partial charge in [0, 0.05) is 25.1 Å². The third-order valence-electron chi connectivity index (χ3n) is 2.80. The molecule has 1 unspecified atom stereocenters. The zero-order valence-electron chi connectivity index (χ0n) is 10.7. The number of halogens is 1. The maximum absolute atomic E-state index is 13.4. The largest absolute Gasteiger partial charge is 0.393 e. The van der Waals surface area contributed by atoms with Crippen LogP contribution in [-0.4, -0.2) is 29.4 Å². The first-order chi connectivity index (χ1) is 8.32. The lowest BCUT2D eigenvalue weighted by atomic mass is 10.1. The molecule has 98 valence electrons. The highest BCUT2D eigenvalue weighted by molar-refractivity contribution is 7.80. The van der Waals surface area contributed by atoms with E-state index in [1.807, 2.05) is 6.92 Å². The normalized spacial score (nSPS) is 12.0. The molecular weight excluding hydrogens is 251 g/mol. The van der Waals surface area contributed by atoms with E-state index in [9.17, 15) is 9.18 Å². The van der Waals surface area contributed by atoms with Gasteiger partial charge in [0.05, 0.1) is 4.99 Å². The number of rotatable bonds is 4. The molecule has 0 aliphatic carbocycles. The lowest BCUT2D eigenvalue weighted by Gasteiger charge is -2.21. The number of hydrogen-bond acceptors (Lipinski definition) is 2. The summed E-state index contributed by atoms with van der Waals surface area (Å²) < 4.78 is 13.4. The molecule has 0 fully saturated rings. The highest BCUT2D eigenvalue weighted by atomic mass is 32.1. The van der Waals surface area contributed by atoms with Crippen molar-refractivity contribution in [1.82, 2.24) is 4.90 Å². The summed E-state index contributed by atoms with van der Waals surface area (Å²) in [5.41, 5.74) is 6.35. The zero-order valence-corrected chi connectivity index (χ0v) is 11.6. The van der Waals surface area contributed by atoms with Crippen molar-refractivity contribution in [2.24, 2.45) is 11.7 Å². The molecule has 1 rings (SSSR count). The summed E-state index contributed by atoms with van der Waals surface area (Å²) in [5.74, 6) is -0.683. The van der Waals surface area contributed by atoms with E-state index >= 15 is 0 Å². The topological polar surface area (TPSA) is 46.3 Å². The first-order valence-corrected chi connectivity index (χ1v) is 6.04.